The van der Waals surface area contributed by atoms with Crippen molar-refractivity contribution < 1.29 is 18.8 Å². The Hall–Kier alpha value is -2.67. The summed E-state index contributed by atoms with van der Waals surface area (Å²) in [6.45, 7) is 8.60. The van der Waals surface area contributed by atoms with E-state index in [0.717, 1.165) is 5.75 Å². The van der Waals surface area contributed by atoms with Gasteiger partial charge in [-0.25, -0.2) is 0 Å². The Balaban J connectivity index is 1.57. The van der Waals surface area contributed by atoms with Crippen LogP contribution in [0, 0.1) is 6.92 Å². The molecule has 1 aliphatic heterocycles. The number of carbonyl (C=O) groups excluding carboxylic acids is 2. The summed E-state index contributed by atoms with van der Waals surface area (Å²) < 4.78 is 10.5. The van der Waals surface area contributed by atoms with Crippen molar-refractivity contribution in [2.45, 2.75) is 26.7 Å². The summed E-state index contributed by atoms with van der Waals surface area (Å²) in [5.74, 6) is 1.50. The van der Waals surface area contributed by atoms with Crippen molar-refractivity contribution in [2.24, 2.45) is 0 Å². The van der Waals surface area contributed by atoms with Crippen LogP contribution in [0.2, 0.25) is 0 Å². The van der Waals surface area contributed by atoms with Crippen molar-refractivity contribution >= 4 is 11.7 Å². The molecule has 0 aliphatic carbocycles. The maximum atomic E-state index is 12.9. The molecule has 28 heavy (non-hydrogen) atoms. The maximum absolute atomic E-state index is 12.9. The van der Waals surface area contributed by atoms with E-state index in [1.807, 2.05) is 18.7 Å². The Labute approximate surface area is 165 Å². The third kappa shape index (κ3) is 4.25. The van der Waals surface area contributed by atoms with Gasteiger partial charge in [-0.3, -0.25) is 14.5 Å². The van der Waals surface area contributed by atoms with Crippen molar-refractivity contribution in [3.05, 3.63) is 46.8 Å². The molecule has 3 rings (SSSR count). The SMILES string of the molecule is COc1ccc(C(=O)CN2CCN(C(=O)c3c(C)noc3C(C)C)CC2)cc1. The molecule has 7 heteroatoms. The quantitative estimate of drug-likeness (QED) is 0.712. The zero-order valence-corrected chi connectivity index (χ0v) is 16.9. The first-order chi connectivity index (χ1) is 13.4. The summed E-state index contributed by atoms with van der Waals surface area (Å²) in [6.07, 6.45) is 0. The fourth-order valence-corrected chi connectivity index (χ4v) is 3.38. The second kappa shape index (κ2) is 8.56. The number of Topliss-reactive ketones (excluding diaryl/α,β-unsaturated/α-hetero) is 1. The molecule has 1 aliphatic rings. The van der Waals surface area contributed by atoms with Crippen LogP contribution >= 0.6 is 0 Å². The number of amides is 1. The van der Waals surface area contributed by atoms with E-state index in [1.165, 1.54) is 0 Å². The number of nitrogens with zero attached hydrogens (tertiary/aromatic N) is 3. The van der Waals surface area contributed by atoms with Gasteiger partial charge < -0.3 is 14.2 Å². The fraction of sp³-hybridized carbons (Fsp3) is 0.476. The van der Waals surface area contributed by atoms with Gasteiger partial charge in [-0.2, -0.15) is 0 Å². The number of ether oxygens (including phenoxy) is 1. The van der Waals surface area contributed by atoms with Gasteiger partial charge in [0, 0.05) is 37.7 Å². The highest BCUT2D eigenvalue weighted by molar-refractivity contribution is 5.98. The van der Waals surface area contributed by atoms with Gasteiger partial charge in [-0.1, -0.05) is 19.0 Å². The van der Waals surface area contributed by atoms with Gasteiger partial charge in [-0.15, -0.1) is 0 Å². The van der Waals surface area contributed by atoms with Crippen LogP contribution in [-0.4, -0.2) is 66.5 Å². The van der Waals surface area contributed by atoms with E-state index in [9.17, 15) is 9.59 Å². The molecule has 1 aromatic heterocycles. The molecule has 0 N–H and O–H groups in total. The number of ketones is 1. The summed E-state index contributed by atoms with van der Waals surface area (Å²) in [6, 6.07) is 7.14. The molecule has 0 radical (unpaired) electrons. The van der Waals surface area contributed by atoms with Crippen LogP contribution in [0.15, 0.2) is 28.8 Å². The number of aromatic nitrogens is 1. The van der Waals surface area contributed by atoms with Crippen molar-refractivity contribution in [2.75, 3.05) is 39.8 Å². The fourth-order valence-electron chi connectivity index (χ4n) is 3.38. The van der Waals surface area contributed by atoms with Crippen LogP contribution in [-0.2, 0) is 0 Å². The van der Waals surface area contributed by atoms with Gasteiger partial charge in [-0.05, 0) is 31.2 Å². The predicted molar refractivity (Wildman–Crippen MR) is 105 cm³/mol. The Kier molecular flexibility index (Phi) is 6.14. The van der Waals surface area contributed by atoms with E-state index < -0.39 is 0 Å². The molecule has 7 nitrogen and oxygen atoms in total. The Morgan fingerprint density at radius 1 is 1.14 bits per heavy atom. The van der Waals surface area contributed by atoms with Crippen LogP contribution in [0.5, 0.6) is 5.75 Å². The van der Waals surface area contributed by atoms with Crippen molar-refractivity contribution in [1.29, 1.82) is 0 Å². The summed E-state index contributed by atoms with van der Waals surface area (Å²) in [4.78, 5) is 29.3. The first-order valence-corrected chi connectivity index (χ1v) is 9.55. The molecule has 0 spiro atoms. The normalized spacial score (nSPS) is 15.1. The van der Waals surface area contributed by atoms with Crippen LogP contribution in [0.4, 0.5) is 0 Å². The maximum Gasteiger partial charge on any atom is 0.259 e. The molecular formula is C21H27N3O4. The van der Waals surface area contributed by atoms with Crippen molar-refractivity contribution in [1.82, 2.24) is 15.0 Å². The minimum absolute atomic E-state index is 0.0384. The number of hydrogen-bond acceptors (Lipinski definition) is 6. The number of piperazine rings is 1. The molecule has 150 valence electrons. The predicted octanol–water partition coefficient (Wildman–Crippen LogP) is 2.76. The Bertz CT molecular complexity index is 834. The lowest BCUT2D eigenvalue weighted by Gasteiger charge is -2.34. The van der Waals surface area contributed by atoms with Crippen molar-refractivity contribution in [3.8, 4) is 5.75 Å². The third-order valence-corrected chi connectivity index (χ3v) is 5.07. The smallest absolute Gasteiger partial charge is 0.259 e. The van der Waals surface area contributed by atoms with E-state index >= 15 is 0 Å². The number of benzene rings is 1. The summed E-state index contributed by atoms with van der Waals surface area (Å²) in [7, 11) is 1.60. The second-order valence-electron chi connectivity index (χ2n) is 7.38. The van der Waals surface area contributed by atoms with Gasteiger partial charge >= 0.3 is 0 Å². The number of carbonyl (C=O) groups is 2. The highest BCUT2D eigenvalue weighted by Gasteiger charge is 2.29. The van der Waals surface area contributed by atoms with Crippen molar-refractivity contribution in [3.63, 3.8) is 0 Å². The van der Waals surface area contributed by atoms with Crippen LogP contribution in [0.3, 0.4) is 0 Å². The zero-order valence-electron chi connectivity index (χ0n) is 16.9. The van der Waals surface area contributed by atoms with Crippen LogP contribution < -0.4 is 4.74 Å². The molecule has 0 unspecified atom stereocenters. The van der Waals surface area contributed by atoms with Gasteiger partial charge in [0.2, 0.25) is 0 Å². The molecule has 1 amide bonds. The average Bonchev–Trinajstić information content (AvgIpc) is 3.09. The molecule has 1 aromatic carbocycles. The number of aryl methyl sites for hydroxylation is 1. The Morgan fingerprint density at radius 3 is 2.36 bits per heavy atom. The zero-order chi connectivity index (χ0) is 20.3. The molecule has 1 fully saturated rings. The summed E-state index contributed by atoms with van der Waals surface area (Å²) in [5, 5.41) is 3.97. The van der Waals surface area contributed by atoms with Crippen LogP contribution in [0.1, 0.15) is 51.9 Å². The lowest BCUT2D eigenvalue weighted by molar-refractivity contribution is 0.0621. The molecule has 0 bridgehead atoms. The Morgan fingerprint density at radius 2 is 1.79 bits per heavy atom. The van der Waals surface area contributed by atoms with Gasteiger partial charge in [0.1, 0.15) is 11.3 Å². The standard InChI is InChI=1S/C21H27N3O4/c1-14(2)20-19(15(3)22-28-20)21(26)24-11-9-23(10-12-24)13-18(25)16-5-7-17(27-4)8-6-16/h5-8,14H,9-13H2,1-4H3. The minimum Gasteiger partial charge on any atom is -0.497 e. The summed E-state index contributed by atoms with van der Waals surface area (Å²) in [5.41, 5.74) is 1.88. The van der Waals surface area contributed by atoms with Gasteiger partial charge in [0.15, 0.2) is 11.5 Å². The molecular weight excluding hydrogens is 358 g/mol. The van der Waals surface area contributed by atoms with E-state index in [-0.39, 0.29) is 17.6 Å². The minimum atomic E-state index is -0.0384. The summed E-state index contributed by atoms with van der Waals surface area (Å²) >= 11 is 0. The molecule has 2 heterocycles. The number of methoxy groups -OCH3 is 1. The first-order valence-electron chi connectivity index (χ1n) is 9.55. The van der Waals surface area contributed by atoms with E-state index in [4.69, 9.17) is 9.26 Å². The van der Waals surface area contributed by atoms with Gasteiger partial charge in [0.05, 0.1) is 19.3 Å². The largest absolute Gasteiger partial charge is 0.497 e. The highest BCUT2D eigenvalue weighted by Crippen LogP contribution is 2.24. The highest BCUT2D eigenvalue weighted by atomic mass is 16.5. The molecule has 0 atom stereocenters. The molecule has 2 aromatic rings. The average molecular weight is 385 g/mol. The molecule has 1 saturated heterocycles. The molecule has 0 saturated carbocycles. The monoisotopic (exact) mass is 385 g/mol. The van der Waals surface area contributed by atoms with E-state index in [2.05, 4.69) is 10.1 Å². The third-order valence-electron chi connectivity index (χ3n) is 5.07. The van der Waals surface area contributed by atoms with E-state index in [0.29, 0.717) is 55.3 Å². The number of hydrogen-bond donors (Lipinski definition) is 0. The number of rotatable bonds is 6. The topological polar surface area (TPSA) is 75.9 Å². The second-order valence-corrected chi connectivity index (χ2v) is 7.38. The van der Waals surface area contributed by atoms with Gasteiger partial charge in [0.25, 0.3) is 5.91 Å². The first kappa shape index (κ1) is 20.1. The van der Waals surface area contributed by atoms with E-state index in [1.54, 1.807) is 38.3 Å². The van der Waals surface area contributed by atoms with Crippen LogP contribution in [0.25, 0.3) is 0 Å². The lowest BCUT2D eigenvalue weighted by Crippen LogP contribution is -2.50. The lowest BCUT2D eigenvalue weighted by atomic mass is 10.0.